The molecule has 0 spiro atoms. The maximum atomic E-state index is 12.8. The largest absolute Gasteiger partial charge is 0.373 e. The van der Waals surface area contributed by atoms with E-state index in [0.717, 1.165) is 23.9 Å². The Labute approximate surface area is 157 Å². The van der Waals surface area contributed by atoms with Gasteiger partial charge in [-0.3, -0.25) is 9.59 Å². The molecule has 0 aliphatic carbocycles. The molecule has 1 fully saturated rings. The van der Waals surface area contributed by atoms with Crippen molar-refractivity contribution in [3.05, 3.63) is 82.1 Å². The number of amides is 1. The first-order chi connectivity index (χ1) is 13.2. The van der Waals surface area contributed by atoms with Crippen LogP contribution < -0.4 is 5.43 Å². The van der Waals surface area contributed by atoms with Crippen LogP contribution >= 0.6 is 0 Å². The normalized spacial score (nSPS) is 15.2. The highest BCUT2D eigenvalue weighted by Crippen LogP contribution is 2.17. The molecule has 0 radical (unpaired) electrons. The number of likely N-dealkylation sites (tertiary alicyclic amines) is 1. The molecule has 5 nitrogen and oxygen atoms in total. The number of aromatic amines is 1. The van der Waals surface area contributed by atoms with Crippen molar-refractivity contribution < 1.29 is 9.53 Å². The summed E-state index contributed by atoms with van der Waals surface area (Å²) in [4.78, 5) is 30.3. The van der Waals surface area contributed by atoms with Crippen LogP contribution in [-0.4, -0.2) is 35.0 Å². The lowest BCUT2D eigenvalue weighted by Gasteiger charge is -2.32. The van der Waals surface area contributed by atoms with Gasteiger partial charge in [0.05, 0.1) is 12.7 Å². The Kier molecular flexibility index (Phi) is 5.03. The van der Waals surface area contributed by atoms with E-state index in [-0.39, 0.29) is 23.0 Å². The van der Waals surface area contributed by atoms with E-state index in [4.69, 9.17) is 4.74 Å². The van der Waals surface area contributed by atoms with E-state index >= 15 is 0 Å². The van der Waals surface area contributed by atoms with Gasteiger partial charge < -0.3 is 14.6 Å². The van der Waals surface area contributed by atoms with Gasteiger partial charge in [-0.05, 0) is 30.5 Å². The first-order valence-corrected chi connectivity index (χ1v) is 9.27. The van der Waals surface area contributed by atoms with Crippen molar-refractivity contribution in [2.75, 3.05) is 13.1 Å². The average Bonchev–Trinajstić information content (AvgIpc) is 2.73. The van der Waals surface area contributed by atoms with Gasteiger partial charge in [0.2, 0.25) is 5.43 Å². The second-order valence-electron chi connectivity index (χ2n) is 6.87. The number of pyridine rings is 1. The molecule has 0 bridgehead atoms. The number of para-hydroxylation sites is 1. The summed E-state index contributed by atoms with van der Waals surface area (Å²) in [6, 6.07) is 17.3. The molecule has 1 aromatic heterocycles. The Hall–Kier alpha value is -2.92. The van der Waals surface area contributed by atoms with Crippen LogP contribution in [0.4, 0.5) is 0 Å². The lowest BCUT2D eigenvalue weighted by atomic mass is 10.1. The van der Waals surface area contributed by atoms with Crippen molar-refractivity contribution in [2.24, 2.45) is 0 Å². The number of nitrogens with one attached hydrogen (secondary N) is 1. The van der Waals surface area contributed by atoms with E-state index < -0.39 is 0 Å². The predicted molar refractivity (Wildman–Crippen MR) is 105 cm³/mol. The number of carbonyl (C=O) groups excluding carboxylic acids is 1. The third-order valence-electron chi connectivity index (χ3n) is 5.08. The van der Waals surface area contributed by atoms with Crippen molar-refractivity contribution in [3.63, 3.8) is 0 Å². The highest BCUT2D eigenvalue weighted by Gasteiger charge is 2.26. The third kappa shape index (κ3) is 3.78. The first kappa shape index (κ1) is 17.5. The fourth-order valence-electron chi connectivity index (χ4n) is 3.51. The molecule has 27 heavy (non-hydrogen) atoms. The predicted octanol–water partition coefficient (Wildman–Crippen LogP) is 3.35. The number of carbonyl (C=O) groups is 1. The fourth-order valence-corrected chi connectivity index (χ4v) is 3.51. The van der Waals surface area contributed by atoms with Gasteiger partial charge in [-0.2, -0.15) is 0 Å². The van der Waals surface area contributed by atoms with Gasteiger partial charge >= 0.3 is 0 Å². The Balaban J connectivity index is 1.39. The van der Waals surface area contributed by atoms with E-state index in [1.807, 2.05) is 42.5 Å². The number of fused-ring (bicyclic) bond motifs is 1. The van der Waals surface area contributed by atoms with Crippen molar-refractivity contribution in [3.8, 4) is 0 Å². The number of aromatic nitrogens is 1. The van der Waals surface area contributed by atoms with Crippen LogP contribution in [0.1, 0.15) is 28.8 Å². The molecule has 2 heterocycles. The summed E-state index contributed by atoms with van der Waals surface area (Å²) < 4.78 is 5.98. The molecule has 1 aliphatic heterocycles. The Morgan fingerprint density at radius 2 is 1.74 bits per heavy atom. The van der Waals surface area contributed by atoms with Gasteiger partial charge in [-0.1, -0.05) is 42.5 Å². The van der Waals surface area contributed by atoms with Crippen LogP contribution in [0.25, 0.3) is 10.9 Å². The maximum absolute atomic E-state index is 12.8. The maximum Gasteiger partial charge on any atom is 0.259 e. The summed E-state index contributed by atoms with van der Waals surface area (Å²) in [5, 5.41) is 0.546. The smallest absolute Gasteiger partial charge is 0.259 e. The zero-order valence-corrected chi connectivity index (χ0v) is 15.1. The number of piperidine rings is 1. The van der Waals surface area contributed by atoms with E-state index in [2.05, 4.69) is 4.98 Å². The van der Waals surface area contributed by atoms with Crippen LogP contribution in [0.2, 0.25) is 0 Å². The molecule has 3 aromatic rings. The van der Waals surface area contributed by atoms with Crippen molar-refractivity contribution in [1.29, 1.82) is 0 Å². The molecule has 138 valence electrons. The van der Waals surface area contributed by atoms with Crippen LogP contribution in [0.15, 0.2) is 65.6 Å². The Bertz CT molecular complexity index is 989. The average molecular weight is 362 g/mol. The minimum Gasteiger partial charge on any atom is -0.373 e. The van der Waals surface area contributed by atoms with Gasteiger partial charge in [0.1, 0.15) is 5.56 Å². The van der Waals surface area contributed by atoms with Crippen LogP contribution in [0.5, 0.6) is 0 Å². The highest BCUT2D eigenvalue weighted by atomic mass is 16.5. The van der Waals surface area contributed by atoms with E-state index in [1.54, 1.807) is 17.0 Å². The summed E-state index contributed by atoms with van der Waals surface area (Å²) in [7, 11) is 0. The summed E-state index contributed by atoms with van der Waals surface area (Å²) in [5.74, 6) is -0.205. The topological polar surface area (TPSA) is 62.4 Å². The number of benzene rings is 2. The monoisotopic (exact) mass is 362 g/mol. The summed E-state index contributed by atoms with van der Waals surface area (Å²) in [6.45, 7) is 1.79. The minimum atomic E-state index is -0.211. The van der Waals surface area contributed by atoms with E-state index in [9.17, 15) is 9.59 Å². The molecule has 0 saturated carbocycles. The van der Waals surface area contributed by atoms with Crippen LogP contribution in [0.3, 0.4) is 0 Å². The molecule has 1 saturated heterocycles. The lowest BCUT2D eigenvalue weighted by Crippen LogP contribution is -2.42. The zero-order valence-electron chi connectivity index (χ0n) is 15.1. The molecule has 0 atom stereocenters. The second-order valence-corrected chi connectivity index (χ2v) is 6.87. The SMILES string of the molecule is O=C(c1c[nH]c2ccccc2c1=O)N1CCC(OCc2ccccc2)CC1. The number of H-pyrrole nitrogens is 1. The first-order valence-electron chi connectivity index (χ1n) is 9.27. The molecule has 1 aliphatic rings. The van der Waals surface area contributed by atoms with Gasteiger partial charge in [0.15, 0.2) is 0 Å². The van der Waals surface area contributed by atoms with Crippen LogP contribution in [0, 0.1) is 0 Å². The second kappa shape index (κ2) is 7.76. The number of nitrogens with zero attached hydrogens (tertiary/aromatic N) is 1. The molecule has 5 heteroatoms. The quantitative estimate of drug-likeness (QED) is 0.774. The van der Waals surface area contributed by atoms with Gasteiger partial charge in [-0.15, -0.1) is 0 Å². The van der Waals surface area contributed by atoms with E-state index in [0.29, 0.717) is 25.1 Å². The van der Waals surface area contributed by atoms with Crippen molar-refractivity contribution in [1.82, 2.24) is 9.88 Å². The van der Waals surface area contributed by atoms with E-state index in [1.165, 1.54) is 6.20 Å². The number of hydrogen-bond donors (Lipinski definition) is 1. The standard InChI is InChI=1S/C22H22N2O3/c25-21-18-8-4-5-9-20(18)23-14-19(21)22(26)24-12-10-17(11-13-24)27-15-16-6-2-1-3-7-16/h1-9,14,17H,10-13,15H2,(H,23,25). The Morgan fingerprint density at radius 1 is 1.04 bits per heavy atom. The molecule has 1 N–H and O–H groups in total. The number of ether oxygens (including phenoxy) is 1. The summed E-state index contributed by atoms with van der Waals surface area (Å²) in [5.41, 5.74) is 1.89. The molecular weight excluding hydrogens is 340 g/mol. The molecular formula is C22H22N2O3. The molecule has 0 unspecified atom stereocenters. The lowest BCUT2D eigenvalue weighted by molar-refractivity contribution is -0.000409. The van der Waals surface area contributed by atoms with Gasteiger partial charge in [0.25, 0.3) is 5.91 Å². The van der Waals surface area contributed by atoms with Crippen LogP contribution in [-0.2, 0) is 11.3 Å². The molecule has 2 aromatic carbocycles. The third-order valence-corrected chi connectivity index (χ3v) is 5.08. The van der Waals surface area contributed by atoms with Crippen molar-refractivity contribution >= 4 is 16.8 Å². The highest BCUT2D eigenvalue weighted by molar-refractivity contribution is 5.97. The fraction of sp³-hybridized carbons (Fsp3) is 0.273. The van der Waals surface area contributed by atoms with Crippen molar-refractivity contribution in [2.45, 2.75) is 25.6 Å². The summed E-state index contributed by atoms with van der Waals surface area (Å²) in [6.07, 6.45) is 3.24. The van der Waals surface area contributed by atoms with Gasteiger partial charge in [0, 0.05) is 30.2 Å². The molecule has 1 amide bonds. The summed E-state index contributed by atoms with van der Waals surface area (Å²) >= 11 is 0. The van der Waals surface area contributed by atoms with Gasteiger partial charge in [-0.25, -0.2) is 0 Å². The Morgan fingerprint density at radius 3 is 2.52 bits per heavy atom. The number of hydrogen-bond acceptors (Lipinski definition) is 3. The molecule has 4 rings (SSSR count). The minimum absolute atomic E-state index is 0.143. The number of rotatable bonds is 4. The zero-order chi connectivity index (χ0) is 18.6.